The highest BCUT2D eigenvalue weighted by Crippen LogP contribution is 2.48. The van der Waals surface area contributed by atoms with Crippen LogP contribution in [0.4, 0.5) is 0 Å². The van der Waals surface area contributed by atoms with Crippen LogP contribution in [0, 0.1) is 11.8 Å². The number of aliphatic imine (C=N–C) groups is 1. The van der Waals surface area contributed by atoms with E-state index in [0.717, 1.165) is 49.7 Å². The van der Waals surface area contributed by atoms with Gasteiger partial charge in [0.1, 0.15) is 11.4 Å². The van der Waals surface area contributed by atoms with Crippen LogP contribution < -0.4 is 5.32 Å². The lowest BCUT2D eigenvalue weighted by Crippen LogP contribution is -2.51. The van der Waals surface area contributed by atoms with Gasteiger partial charge in [-0.1, -0.05) is 68.3 Å². The fourth-order valence-electron chi connectivity index (χ4n) is 6.06. The van der Waals surface area contributed by atoms with E-state index in [1.165, 1.54) is 0 Å². The van der Waals surface area contributed by atoms with Gasteiger partial charge in [0, 0.05) is 16.1 Å². The van der Waals surface area contributed by atoms with Crippen LogP contribution in [0.25, 0.3) is 0 Å². The number of tetrazole rings is 1. The van der Waals surface area contributed by atoms with E-state index in [9.17, 15) is 9.59 Å². The molecule has 2 aliphatic rings. The number of aromatic nitrogens is 4. The third kappa shape index (κ3) is 5.66. The fraction of sp³-hybridized carbons (Fsp3) is 0.467. The molecule has 0 unspecified atom stereocenters. The number of nitrogens with zero attached hydrogens (tertiary/aromatic N) is 5. The zero-order chi connectivity index (χ0) is 28.3. The Labute approximate surface area is 239 Å². The normalized spacial score (nSPS) is 21.6. The SMILES string of the molecule is CCC[C@H](c1ccc(C(=O)NCc2nn[nH]n2)cc1)N1C(=O)C(c2ccc(Cl)cc2)=NC12CCC(C(C)C)CC2. The minimum absolute atomic E-state index is 0.0364. The molecular weight excluding hydrogens is 526 g/mol. The molecule has 1 spiro atoms. The first-order chi connectivity index (χ1) is 19.3. The summed E-state index contributed by atoms with van der Waals surface area (Å²) in [7, 11) is 0. The van der Waals surface area contributed by atoms with Gasteiger partial charge in [-0.05, 0) is 73.8 Å². The third-order valence-corrected chi connectivity index (χ3v) is 8.56. The Morgan fingerprint density at radius 2 is 1.82 bits per heavy atom. The van der Waals surface area contributed by atoms with Crippen molar-refractivity contribution in [1.82, 2.24) is 30.8 Å². The summed E-state index contributed by atoms with van der Waals surface area (Å²) in [4.78, 5) is 34.2. The monoisotopic (exact) mass is 561 g/mol. The van der Waals surface area contributed by atoms with Crippen molar-refractivity contribution in [2.75, 3.05) is 0 Å². The molecule has 3 aromatic rings. The average Bonchev–Trinajstić information content (AvgIpc) is 3.58. The van der Waals surface area contributed by atoms with Crippen molar-refractivity contribution in [3.63, 3.8) is 0 Å². The first-order valence-corrected chi connectivity index (χ1v) is 14.5. The van der Waals surface area contributed by atoms with Gasteiger partial charge < -0.3 is 10.2 Å². The number of carbonyl (C=O) groups is 2. The van der Waals surface area contributed by atoms with Crippen LogP contribution in [0.15, 0.2) is 53.5 Å². The zero-order valence-corrected chi connectivity index (χ0v) is 24.0. The Kier molecular flexibility index (Phi) is 8.30. The van der Waals surface area contributed by atoms with Crippen LogP contribution in [0.2, 0.25) is 5.02 Å². The van der Waals surface area contributed by atoms with E-state index in [4.69, 9.17) is 16.6 Å². The summed E-state index contributed by atoms with van der Waals surface area (Å²) < 4.78 is 0. The molecule has 1 saturated carbocycles. The van der Waals surface area contributed by atoms with Crippen molar-refractivity contribution in [2.24, 2.45) is 16.8 Å². The minimum atomic E-state index is -0.572. The fourth-order valence-corrected chi connectivity index (χ4v) is 6.18. The number of amides is 2. The second-order valence-electron chi connectivity index (χ2n) is 11.1. The topological polar surface area (TPSA) is 116 Å². The summed E-state index contributed by atoms with van der Waals surface area (Å²) in [5.41, 5.74) is 2.27. The number of aromatic amines is 1. The molecule has 0 radical (unpaired) electrons. The Morgan fingerprint density at radius 1 is 1.12 bits per heavy atom. The predicted molar refractivity (Wildman–Crippen MR) is 154 cm³/mol. The maximum Gasteiger partial charge on any atom is 0.275 e. The number of rotatable bonds is 9. The van der Waals surface area contributed by atoms with E-state index >= 15 is 0 Å². The number of H-pyrrole nitrogens is 1. The number of halogens is 1. The summed E-state index contributed by atoms with van der Waals surface area (Å²) in [6, 6.07) is 14.8. The summed E-state index contributed by atoms with van der Waals surface area (Å²) in [6.07, 6.45) is 5.47. The molecule has 1 aliphatic carbocycles. The minimum Gasteiger partial charge on any atom is -0.345 e. The van der Waals surface area contributed by atoms with Gasteiger partial charge in [0.15, 0.2) is 5.82 Å². The van der Waals surface area contributed by atoms with Crippen LogP contribution in [-0.2, 0) is 11.3 Å². The highest BCUT2D eigenvalue weighted by molar-refractivity contribution is 6.47. The molecular formula is C30H36ClN7O2. The molecule has 2 aromatic carbocycles. The molecule has 2 heterocycles. The van der Waals surface area contributed by atoms with Crippen LogP contribution in [0.5, 0.6) is 0 Å². The second kappa shape index (κ2) is 11.9. The van der Waals surface area contributed by atoms with E-state index in [0.29, 0.717) is 34.0 Å². The van der Waals surface area contributed by atoms with Gasteiger partial charge in [-0.3, -0.25) is 14.6 Å². The first-order valence-electron chi connectivity index (χ1n) is 14.1. The van der Waals surface area contributed by atoms with E-state index in [1.807, 2.05) is 48.5 Å². The molecule has 0 bridgehead atoms. The van der Waals surface area contributed by atoms with Gasteiger partial charge in [0.25, 0.3) is 11.8 Å². The zero-order valence-electron chi connectivity index (χ0n) is 23.2. The first kappa shape index (κ1) is 28.0. The standard InChI is InChI=1S/C30H36ClN7O2/c1-4-5-25(21-6-8-23(9-7-21)28(39)32-18-26-34-36-37-35-26)38-29(40)27(22-10-12-24(31)13-11-22)33-30(38)16-14-20(15-17-30)19(2)3/h6-13,19-20,25H,4-5,14-18H2,1-3H3,(H,32,39)(H,34,35,36,37)/t20?,25-,30?/m1/s1. The average molecular weight is 562 g/mol. The molecule has 1 aromatic heterocycles. The van der Waals surface area contributed by atoms with Gasteiger partial charge in [0.2, 0.25) is 0 Å². The van der Waals surface area contributed by atoms with Crippen LogP contribution in [-0.4, -0.2) is 48.7 Å². The lowest BCUT2D eigenvalue weighted by molar-refractivity contribution is -0.133. The van der Waals surface area contributed by atoms with Gasteiger partial charge in [-0.2, -0.15) is 5.21 Å². The van der Waals surface area contributed by atoms with E-state index in [2.05, 4.69) is 51.6 Å². The molecule has 210 valence electrons. The highest BCUT2D eigenvalue weighted by atomic mass is 35.5. The maximum atomic E-state index is 14.2. The third-order valence-electron chi connectivity index (χ3n) is 8.31. The molecule has 1 fully saturated rings. The largest absolute Gasteiger partial charge is 0.345 e. The Balaban J connectivity index is 1.44. The van der Waals surface area contributed by atoms with Gasteiger partial charge >= 0.3 is 0 Å². The Morgan fingerprint density at radius 3 is 2.42 bits per heavy atom. The predicted octanol–water partition coefficient (Wildman–Crippen LogP) is 5.50. The summed E-state index contributed by atoms with van der Waals surface area (Å²) in [5.74, 6) is 1.39. The number of hydrogen-bond acceptors (Lipinski definition) is 6. The van der Waals surface area contributed by atoms with Crippen molar-refractivity contribution in [1.29, 1.82) is 0 Å². The molecule has 1 aliphatic heterocycles. The van der Waals surface area contributed by atoms with Crippen molar-refractivity contribution in [3.8, 4) is 0 Å². The molecule has 2 amide bonds. The van der Waals surface area contributed by atoms with E-state index in [1.54, 1.807) is 0 Å². The molecule has 5 rings (SSSR count). The number of benzene rings is 2. The van der Waals surface area contributed by atoms with Crippen LogP contribution in [0.1, 0.15) is 92.6 Å². The molecule has 40 heavy (non-hydrogen) atoms. The number of carbonyl (C=O) groups excluding carboxylic acids is 2. The summed E-state index contributed by atoms with van der Waals surface area (Å²) in [5, 5.41) is 17.0. The van der Waals surface area contributed by atoms with E-state index < -0.39 is 5.66 Å². The smallest absolute Gasteiger partial charge is 0.275 e. The molecule has 2 N–H and O–H groups in total. The quantitative estimate of drug-likeness (QED) is 0.358. The van der Waals surface area contributed by atoms with E-state index in [-0.39, 0.29) is 24.4 Å². The summed E-state index contributed by atoms with van der Waals surface area (Å²) >= 11 is 6.15. The molecule has 10 heteroatoms. The highest BCUT2D eigenvalue weighted by Gasteiger charge is 2.51. The summed E-state index contributed by atoms with van der Waals surface area (Å²) in [6.45, 7) is 6.88. The van der Waals surface area contributed by atoms with Crippen LogP contribution >= 0.6 is 11.6 Å². The Hall–Kier alpha value is -3.59. The van der Waals surface area contributed by atoms with Gasteiger partial charge in [-0.15, -0.1) is 10.2 Å². The van der Waals surface area contributed by atoms with Crippen molar-refractivity contribution in [3.05, 3.63) is 76.1 Å². The maximum absolute atomic E-state index is 14.2. The second-order valence-corrected chi connectivity index (χ2v) is 11.6. The lowest BCUT2D eigenvalue weighted by Gasteiger charge is -2.46. The number of hydrogen-bond donors (Lipinski definition) is 2. The molecule has 9 nitrogen and oxygen atoms in total. The van der Waals surface area contributed by atoms with Gasteiger partial charge in [-0.25, -0.2) is 0 Å². The molecule has 1 atom stereocenters. The van der Waals surface area contributed by atoms with Gasteiger partial charge in [0.05, 0.1) is 12.6 Å². The lowest BCUT2D eigenvalue weighted by atomic mass is 9.76. The number of nitrogens with one attached hydrogen (secondary N) is 2. The Bertz CT molecular complexity index is 1350. The van der Waals surface area contributed by atoms with Crippen molar-refractivity contribution < 1.29 is 9.59 Å². The molecule has 0 saturated heterocycles. The van der Waals surface area contributed by atoms with Crippen molar-refractivity contribution >= 4 is 29.1 Å². The van der Waals surface area contributed by atoms with Crippen LogP contribution in [0.3, 0.4) is 0 Å². The van der Waals surface area contributed by atoms with Crippen molar-refractivity contribution in [2.45, 2.75) is 77.5 Å².